The zero-order valence-corrected chi connectivity index (χ0v) is 11.6. The average Bonchev–Trinajstić information content (AvgIpc) is 2.83. The van der Waals surface area contributed by atoms with Crippen LogP contribution in [-0.2, 0) is 9.59 Å². The molecule has 23 heavy (non-hydrogen) atoms. The number of rotatable bonds is 3. The van der Waals surface area contributed by atoms with Crippen LogP contribution in [0.15, 0.2) is 0 Å². The second-order valence-electron chi connectivity index (χ2n) is 5.20. The summed E-state index contributed by atoms with van der Waals surface area (Å²) < 4.78 is -1.01. The Bertz CT molecular complexity index is 640. The first-order valence-corrected chi connectivity index (χ1v) is 6.44. The zero-order chi connectivity index (χ0) is 17.1. The highest BCUT2D eigenvalue weighted by molar-refractivity contribution is 6.07. The molecule has 3 unspecified atom stereocenters. The van der Waals surface area contributed by atoms with Gasteiger partial charge in [0.1, 0.15) is 13.5 Å². The molecule has 3 fully saturated rings. The molecule has 5 N–H and O–H groups in total. The van der Waals surface area contributed by atoms with Crippen LogP contribution in [0.3, 0.4) is 0 Å². The van der Waals surface area contributed by atoms with E-state index in [9.17, 15) is 24.0 Å². The van der Waals surface area contributed by atoms with E-state index in [4.69, 9.17) is 15.9 Å². The van der Waals surface area contributed by atoms with Gasteiger partial charge < -0.3 is 15.9 Å². The number of hydrogen-bond donors (Lipinski definition) is 4. The molecular weight excluding hydrogens is 316 g/mol. The molecule has 0 radical (unpaired) electrons. The summed E-state index contributed by atoms with van der Waals surface area (Å²) in [7, 11) is 0. The Morgan fingerprint density at radius 3 is 2.26 bits per heavy atom. The normalized spacial score (nSPS) is 33.0. The highest BCUT2D eigenvalue weighted by atomic mass is 16.3. The number of primary amides is 1. The van der Waals surface area contributed by atoms with E-state index >= 15 is 0 Å². The summed E-state index contributed by atoms with van der Waals surface area (Å²) in [5, 5.41) is 20.3. The van der Waals surface area contributed by atoms with Crippen LogP contribution in [0, 0.1) is 0 Å². The van der Waals surface area contributed by atoms with E-state index < -0.39 is 66.9 Å². The number of nitrogens with one attached hydrogen (secondary N) is 1. The van der Waals surface area contributed by atoms with Gasteiger partial charge in [-0.25, -0.2) is 29.1 Å². The van der Waals surface area contributed by atoms with Gasteiger partial charge in [0.25, 0.3) is 12.3 Å². The smallest absolute Gasteiger partial charge is 0.376 e. The number of urea groups is 3. The Morgan fingerprint density at radius 1 is 1.17 bits per heavy atom. The molecule has 3 rings (SSSR count). The molecule has 13 nitrogen and oxygen atoms in total. The van der Waals surface area contributed by atoms with E-state index in [1.807, 2.05) is 0 Å². The summed E-state index contributed by atoms with van der Waals surface area (Å²) in [4.78, 5) is 61.8. The standard InChI is InChI=1S/C10H12N6O7/c11-8(21)16(4-6(19)14(2-17)9(22)12-4)1-13-5(16)7(20)15(3-18)10(13)23/h4-5,17-18H,1-3H2,(H2-,11,12,21,22)/p+1. The third-order valence-electron chi connectivity index (χ3n) is 4.24. The number of aliphatic hydroxyl groups excluding tert-OH is 2. The molecular formula is C10H13N6O7+. The van der Waals surface area contributed by atoms with Crippen LogP contribution in [0.5, 0.6) is 0 Å². The minimum absolute atomic E-state index is 0.420. The van der Waals surface area contributed by atoms with Crippen molar-refractivity contribution in [1.29, 1.82) is 0 Å². The summed E-state index contributed by atoms with van der Waals surface area (Å²) in [6.07, 6.45) is -2.98. The van der Waals surface area contributed by atoms with E-state index in [1.54, 1.807) is 0 Å². The number of amides is 8. The van der Waals surface area contributed by atoms with Crippen molar-refractivity contribution in [2.75, 3.05) is 20.1 Å². The molecule has 13 heteroatoms. The molecule has 0 aliphatic carbocycles. The highest BCUT2D eigenvalue weighted by Crippen LogP contribution is 2.39. The van der Waals surface area contributed by atoms with Gasteiger partial charge in [0.2, 0.25) is 0 Å². The van der Waals surface area contributed by atoms with Crippen molar-refractivity contribution < 1.29 is 38.7 Å². The van der Waals surface area contributed by atoms with Crippen molar-refractivity contribution in [1.82, 2.24) is 20.0 Å². The zero-order valence-electron chi connectivity index (χ0n) is 11.6. The van der Waals surface area contributed by atoms with Crippen LogP contribution in [0.25, 0.3) is 0 Å². The maximum Gasteiger partial charge on any atom is 0.419 e. The van der Waals surface area contributed by atoms with Crippen molar-refractivity contribution >= 4 is 29.9 Å². The lowest BCUT2D eigenvalue weighted by Gasteiger charge is -2.51. The topological polar surface area (TPSA) is 174 Å². The van der Waals surface area contributed by atoms with Crippen LogP contribution in [0.2, 0.25) is 0 Å². The molecule has 0 spiro atoms. The van der Waals surface area contributed by atoms with Gasteiger partial charge in [0, 0.05) is 0 Å². The predicted octanol–water partition coefficient (Wildman–Crippen LogP) is -3.78. The van der Waals surface area contributed by atoms with E-state index in [-0.39, 0.29) is 0 Å². The first kappa shape index (κ1) is 15.1. The Balaban J connectivity index is 2.01. The van der Waals surface area contributed by atoms with Crippen LogP contribution in [-0.4, -0.2) is 91.8 Å². The second-order valence-corrected chi connectivity index (χ2v) is 5.20. The fraction of sp³-hybridized carbons (Fsp3) is 0.500. The monoisotopic (exact) mass is 329 g/mol. The number of nitrogens with zero attached hydrogens (tertiary/aromatic N) is 4. The minimum Gasteiger partial charge on any atom is -0.376 e. The molecule has 124 valence electrons. The lowest BCUT2D eigenvalue weighted by atomic mass is 10.1. The fourth-order valence-electron chi connectivity index (χ4n) is 3.06. The van der Waals surface area contributed by atoms with Gasteiger partial charge in [-0.3, -0.25) is 14.9 Å². The molecule has 3 aliphatic heterocycles. The summed E-state index contributed by atoms with van der Waals surface area (Å²) in [6, 6.07) is -2.88. The molecule has 0 aromatic carbocycles. The number of aliphatic hydroxyl groups is 2. The van der Waals surface area contributed by atoms with Gasteiger partial charge >= 0.3 is 29.9 Å². The Hall–Kier alpha value is -2.77. The molecule has 8 amide bonds. The number of imide groups is 2. The third-order valence-corrected chi connectivity index (χ3v) is 4.24. The fourth-order valence-corrected chi connectivity index (χ4v) is 3.06. The number of quaternary nitrogens is 1. The highest BCUT2D eigenvalue weighted by Gasteiger charge is 2.75. The van der Waals surface area contributed by atoms with Gasteiger partial charge in [-0.15, -0.1) is 0 Å². The van der Waals surface area contributed by atoms with Crippen LogP contribution >= 0.6 is 0 Å². The Morgan fingerprint density at radius 2 is 1.78 bits per heavy atom. The van der Waals surface area contributed by atoms with Crippen molar-refractivity contribution in [2.24, 2.45) is 5.73 Å². The summed E-state index contributed by atoms with van der Waals surface area (Å²) in [5.41, 5.74) is 5.34. The molecule has 3 atom stereocenters. The van der Waals surface area contributed by atoms with Crippen LogP contribution in [0.1, 0.15) is 0 Å². The van der Waals surface area contributed by atoms with Crippen LogP contribution < -0.4 is 11.1 Å². The molecule has 0 aromatic heterocycles. The molecule has 0 saturated carbocycles. The van der Waals surface area contributed by atoms with E-state index in [0.29, 0.717) is 9.80 Å². The number of fused-ring (bicyclic) bond motifs is 1. The predicted molar refractivity (Wildman–Crippen MR) is 65.9 cm³/mol. The first-order valence-electron chi connectivity index (χ1n) is 6.44. The average molecular weight is 329 g/mol. The number of hydrogen-bond acceptors (Lipinski definition) is 7. The van der Waals surface area contributed by atoms with Crippen molar-refractivity contribution in [2.45, 2.75) is 12.3 Å². The third kappa shape index (κ3) is 1.57. The largest absolute Gasteiger partial charge is 0.419 e. The summed E-state index contributed by atoms with van der Waals surface area (Å²) >= 11 is 0. The molecule has 3 heterocycles. The number of carbonyl (C=O) groups excluding carboxylic acids is 5. The van der Waals surface area contributed by atoms with Crippen molar-refractivity contribution in [3.05, 3.63) is 0 Å². The summed E-state index contributed by atoms with van der Waals surface area (Å²) in [5.74, 6) is -1.86. The summed E-state index contributed by atoms with van der Waals surface area (Å²) in [6.45, 7) is -2.22. The van der Waals surface area contributed by atoms with Gasteiger partial charge in [-0.1, -0.05) is 0 Å². The molecule has 3 saturated heterocycles. The van der Waals surface area contributed by atoms with Crippen LogP contribution in [0.4, 0.5) is 14.4 Å². The van der Waals surface area contributed by atoms with Crippen molar-refractivity contribution in [3.8, 4) is 0 Å². The van der Waals surface area contributed by atoms with E-state index in [1.165, 1.54) is 0 Å². The molecule has 0 bridgehead atoms. The maximum atomic E-state index is 12.2. The van der Waals surface area contributed by atoms with E-state index in [2.05, 4.69) is 5.32 Å². The van der Waals surface area contributed by atoms with Gasteiger partial charge in [0.15, 0.2) is 6.67 Å². The second kappa shape index (κ2) is 4.61. The van der Waals surface area contributed by atoms with Gasteiger partial charge in [-0.2, -0.15) is 4.48 Å². The van der Waals surface area contributed by atoms with Gasteiger partial charge in [0.05, 0.1) is 0 Å². The Kier molecular flexibility index (Phi) is 3.03. The number of nitrogens with two attached hydrogens (primary N) is 1. The minimum atomic E-state index is -1.54. The Labute approximate surface area is 128 Å². The molecule has 0 aromatic rings. The van der Waals surface area contributed by atoms with E-state index in [0.717, 1.165) is 4.90 Å². The number of carbonyl (C=O) groups is 5. The molecule has 3 aliphatic rings. The maximum absolute atomic E-state index is 12.2. The van der Waals surface area contributed by atoms with Crippen molar-refractivity contribution in [3.63, 3.8) is 0 Å². The first-order chi connectivity index (χ1) is 10.8. The SMILES string of the molecule is NC(=O)[N+]1(C2NC(=O)N(CO)C2=O)CN2C(=O)N(CO)C(=O)C21. The quantitative estimate of drug-likeness (QED) is 0.303. The lowest BCUT2D eigenvalue weighted by Crippen LogP contribution is -2.85. The lowest BCUT2D eigenvalue weighted by molar-refractivity contribution is -0.951. The van der Waals surface area contributed by atoms with Gasteiger partial charge in [-0.05, 0) is 0 Å².